The highest BCUT2D eigenvalue weighted by molar-refractivity contribution is 7.98. The van der Waals surface area contributed by atoms with Gasteiger partial charge in [0.15, 0.2) is 0 Å². The Morgan fingerprint density at radius 1 is 1.73 bits per heavy atom. The van der Waals surface area contributed by atoms with Crippen molar-refractivity contribution in [2.75, 3.05) is 26.2 Å². The first kappa shape index (κ1) is 10.8. The van der Waals surface area contributed by atoms with Gasteiger partial charge in [-0.3, -0.25) is 4.79 Å². The highest BCUT2D eigenvalue weighted by Crippen LogP contribution is 2.01. The van der Waals surface area contributed by atoms with Gasteiger partial charge in [-0.15, -0.1) is 0 Å². The van der Waals surface area contributed by atoms with Crippen molar-refractivity contribution >= 4 is 17.7 Å². The molecule has 0 fully saturated rings. The van der Waals surface area contributed by atoms with Crippen LogP contribution in [0.25, 0.3) is 0 Å². The molecule has 11 heavy (non-hydrogen) atoms. The fourth-order valence-corrected chi connectivity index (χ4v) is 1.23. The van der Waals surface area contributed by atoms with Crippen LogP contribution in [-0.4, -0.2) is 38.2 Å². The highest BCUT2D eigenvalue weighted by atomic mass is 32.2. The topological polar surface area (TPSA) is 38.3 Å². The summed E-state index contributed by atoms with van der Waals surface area (Å²) in [7, 11) is 3.17. The van der Waals surface area contributed by atoms with Crippen molar-refractivity contribution in [3.05, 3.63) is 0 Å². The van der Waals surface area contributed by atoms with Gasteiger partial charge in [0.05, 0.1) is 7.11 Å². The summed E-state index contributed by atoms with van der Waals surface area (Å²) in [6.07, 6.45) is 2.84. The lowest BCUT2D eigenvalue weighted by atomic mass is 10.2. The molecule has 0 amide bonds. The van der Waals surface area contributed by atoms with Gasteiger partial charge in [-0.2, -0.15) is 11.8 Å². The Hall–Kier alpha value is -0.220. The van der Waals surface area contributed by atoms with E-state index in [0.717, 1.165) is 12.2 Å². The van der Waals surface area contributed by atoms with E-state index < -0.39 is 0 Å². The summed E-state index contributed by atoms with van der Waals surface area (Å²) in [5, 5.41) is 2.90. The van der Waals surface area contributed by atoms with Crippen LogP contribution in [0.5, 0.6) is 0 Å². The Morgan fingerprint density at radius 2 is 2.36 bits per heavy atom. The summed E-state index contributed by atoms with van der Waals surface area (Å²) in [6.45, 7) is 0. The Morgan fingerprint density at radius 3 is 2.73 bits per heavy atom. The number of nitrogens with one attached hydrogen (secondary N) is 1. The molecular formula is C7H15NO2S. The standard InChI is InChI=1S/C7H15NO2S/c1-8-6(4-5-11-3)7(9)10-2/h6,8H,4-5H2,1-3H3/t6-/m0/s1. The van der Waals surface area contributed by atoms with Crippen molar-refractivity contribution in [1.82, 2.24) is 5.32 Å². The molecule has 3 nitrogen and oxygen atoms in total. The maximum atomic E-state index is 11.0. The third-order valence-corrected chi connectivity index (χ3v) is 2.09. The van der Waals surface area contributed by atoms with E-state index in [1.54, 1.807) is 18.8 Å². The fraction of sp³-hybridized carbons (Fsp3) is 0.857. The number of likely N-dealkylation sites (N-methyl/N-ethyl adjacent to an activating group) is 1. The molecule has 0 heterocycles. The minimum atomic E-state index is -0.179. The van der Waals surface area contributed by atoms with Gasteiger partial charge in [-0.1, -0.05) is 0 Å². The van der Waals surface area contributed by atoms with Crippen LogP contribution in [0.4, 0.5) is 0 Å². The number of ether oxygens (including phenoxy) is 1. The smallest absolute Gasteiger partial charge is 0.322 e. The van der Waals surface area contributed by atoms with Crippen LogP contribution in [0.3, 0.4) is 0 Å². The van der Waals surface area contributed by atoms with Gasteiger partial charge in [-0.25, -0.2) is 0 Å². The molecule has 66 valence electrons. The molecule has 1 N–H and O–H groups in total. The van der Waals surface area contributed by atoms with Crippen molar-refractivity contribution < 1.29 is 9.53 Å². The van der Waals surface area contributed by atoms with Crippen molar-refractivity contribution in [1.29, 1.82) is 0 Å². The zero-order valence-corrected chi connectivity index (χ0v) is 8.03. The second-order valence-corrected chi connectivity index (χ2v) is 3.13. The SMILES string of the molecule is CN[C@@H](CCSC)C(=O)OC. The van der Waals surface area contributed by atoms with Crippen LogP contribution in [0, 0.1) is 0 Å². The van der Waals surface area contributed by atoms with Gasteiger partial charge in [-0.05, 0) is 25.5 Å². The molecule has 0 aliphatic carbocycles. The third-order valence-electron chi connectivity index (χ3n) is 1.44. The predicted molar refractivity (Wildman–Crippen MR) is 47.9 cm³/mol. The number of rotatable bonds is 5. The van der Waals surface area contributed by atoms with E-state index in [4.69, 9.17) is 0 Å². The number of hydrogen-bond acceptors (Lipinski definition) is 4. The number of thioether (sulfide) groups is 1. The molecule has 0 aromatic carbocycles. The van der Waals surface area contributed by atoms with Crippen LogP contribution in [0.2, 0.25) is 0 Å². The average molecular weight is 177 g/mol. The number of carbonyl (C=O) groups is 1. The molecule has 0 radical (unpaired) electrons. The molecule has 0 aliphatic rings. The summed E-state index contributed by atoms with van der Waals surface area (Å²) in [5.41, 5.74) is 0. The second-order valence-electron chi connectivity index (χ2n) is 2.15. The van der Waals surface area contributed by atoms with Crippen LogP contribution in [-0.2, 0) is 9.53 Å². The van der Waals surface area contributed by atoms with Gasteiger partial charge in [0.2, 0.25) is 0 Å². The predicted octanol–water partition coefficient (Wildman–Crippen LogP) is 0.500. The van der Waals surface area contributed by atoms with E-state index in [9.17, 15) is 4.79 Å². The molecule has 0 aromatic rings. The molecule has 4 heteroatoms. The summed E-state index contributed by atoms with van der Waals surface area (Å²) >= 11 is 1.73. The molecule has 0 aliphatic heterocycles. The minimum Gasteiger partial charge on any atom is -0.468 e. The maximum absolute atomic E-state index is 11.0. The summed E-state index contributed by atoms with van der Waals surface area (Å²) in [4.78, 5) is 11.0. The highest BCUT2D eigenvalue weighted by Gasteiger charge is 2.15. The van der Waals surface area contributed by atoms with E-state index in [2.05, 4.69) is 10.1 Å². The minimum absolute atomic E-state index is 0.146. The molecule has 0 unspecified atom stereocenters. The van der Waals surface area contributed by atoms with Crippen molar-refractivity contribution in [3.8, 4) is 0 Å². The van der Waals surface area contributed by atoms with Gasteiger partial charge in [0, 0.05) is 0 Å². The van der Waals surface area contributed by atoms with E-state index in [1.807, 2.05) is 6.26 Å². The number of esters is 1. The van der Waals surface area contributed by atoms with Crippen LogP contribution < -0.4 is 5.32 Å². The molecular weight excluding hydrogens is 162 g/mol. The largest absolute Gasteiger partial charge is 0.468 e. The zero-order valence-electron chi connectivity index (χ0n) is 7.22. The van der Waals surface area contributed by atoms with Crippen LogP contribution in [0.15, 0.2) is 0 Å². The molecule has 0 rings (SSSR count). The molecule has 0 saturated heterocycles. The van der Waals surface area contributed by atoms with Crippen molar-refractivity contribution in [2.45, 2.75) is 12.5 Å². The van der Waals surface area contributed by atoms with E-state index in [-0.39, 0.29) is 12.0 Å². The Kier molecular flexibility index (Phi) is 6.36. The van der Waals surface area contributed by atoms with Crippen molar-refractivity contribution in [3.63, 3.8) is 0 Å². The maximum Gasteiger partial charge on any atom is 0.322 e. The third kappa shape index (κ3) is 4.27. The number of carbonyl (C=O) groups excluding carboxylic acids is 1. The summed E-state index contributed by atoms with van der Waals surface area (Å²) < 4.78 is 4.59. The first-order valence-corrected chi connectivity index (χ1v) is 4.89. The summed E-state index contributed by atoms with van der Waals surface area (Å²) in [5.74, 6) is 0.794. The van der Waals surface area contributed by atoms with Gasteiger partial charge < -0.3 is 10.1 Å². The Bertz CT molecular complexity index is 119. The first-order valence-electron chi connectivity index (χ1n) is 3.50. The second kappa shape index (κ2) is 6.49. The molecule has 0 saturated carbocycles. The lowest BCUT2D eigenvalue weighted by molar-refractivity contribution is -0.143. The molecule has 1 atom stereocenters. The molecule has 0 bridgehead atoms. The van der Waals surface area contributed by atoms with E-state index >= 15 is 0 Å². The normalized spacial score (nSPS) is 12.6. The zero-order chi connectivity index (χ0) is 8.69. The number of methoxy groups -OCH3 is 1. The van der Waals surface area contributed by atoms with Gasteiger partial charge in [0.25, 0.3) is 0 Å². The fourth-order valence-electron chi connectivity index (χ4n) is 0.758. The lowest BCUT2D eigenvalue weighted by Gasteiger charge is -2.11. The van der Waals surface area contributed by atoms with Crippen LogP contribution in [0.1, 0.15) is 6.42 Å². The summed E-state index contributed by atoms with van der Waals surface area (Å²) in [6, 6.07) is -0.146. The Labute approximate surface area is 71.9 Å². The van der Waals surface area contributed by atoms with Gasteiger partial charge in [0.1, 0.15) is 6.04 Å². The quantitative estimate of drug-likeness (QED) is 0.621. The average Bonchev–Trinajstić information content (AvgIpc) is 2.05. The molecule has 0 aromatic heterocycles. The van der Waals surface area contributed by atoms with E-state index in [1.165, 1.54) is 7.11 Å². The molecule has 0 spiro atoms. The first-order chi connectivity index (χ1) is 5.26. The van der Waals surface area contributed by atoms with Gasteiger partial charge >= 0.3 is 5.97 Å². The number of hydrogen-bond donors (Lipinski definition) is 1. The monoisotopic (exact) mass is 177 g/mol. The Balaban J connectivity index is 3.65. The van der Waals surface area contributed by atoms with Crippen LogP contribution >= 0.6 is 11.8 Å². The lowest BCUT2D eigenvalue weighted by Crippen LogP contribution is -2.35. The van der Waals surface area contributed by atoms with Crippen molar-refractivity contribution in [2.24, 2.45) is 0 Å². The van der Waals surface area contributed by atoms with E-state index in [0.29, 0.717) is 0 Å².